The number of halogens is 6. The van der Waals surface area contributed by atoms with Crippen LogP contribution in [0.2, 0.25) is 0 Å². The molecule has 2 aromatic carbocycles. The summed E-state index contributed by atoms with van der Waals surface area (Å²) < 4.78 is 83.3. The van der Waals surface area contributed by atoms with Crippen LogP contribution in [0.4, 0.5) is 37.7 Å². The summed E-state index contributed by atoms with van der Waals surface area (Å²) in [6.45, 7) is 8.65. The summed E-state index contributed by atoms with van der Waals surface area (Å²) in [6.07, 6.45) is -7.02. The first-order valence-electron chi connectivity index (χ1n) is 14.0. The molecule has 4 rings (SSSR count). The molecular weight excluding hydrogens is 550 g/mol. The third-order valence-electron chi connectivity index (χ3n) is 7.22. The van der Waals surface area contributed by atoms with Gasteiger partial charge < -0.3 is 20.3 Å². The van der Waals surface area contributed by atoms with Crippen LogP contribution in [0.5, 0.6) is 5.75 Å². The van der Waals surface area contributed by atoms with Gasteiger partial charge in [-0.1, -0.05) is 13.8 Å². The summed E-state index contributed by atoms with van der Waals surface area (Å²) in [5.74, 6) is 0.156. The van der Waals surface area contributed by atoms with E-state index in [9.17, 15) is 31.1 Å². The number of hydrogen-bond donors (Lipinski definition) is 1. The molecule has 2 fully saturated rings. The van der Waals surface area contributed by atoms with Gasteiger partial charge in [0.2, 0.25) is 5.91 Å². The van der Waals surface area contributed by atoms with Crippen LogP contribution >= 0.6 is 0 Å². The second-order valence-electron chi connectivity index (χ2n) is 9.92. The molecule has 41 heavy (non-hydrogen) atoms. The number of nitrogen functional groups attached to an aromatic ring is 1. The topological polar surface area (TPSA) is 62.0 Å². The van der Waals surface area contributed by atoms with Crippen LogP contribution in [-0.4, -0.2) is 67.6 Å². The van der Waals surface area contributed by atoms with E-state index in [0.717, 1.165) is 43.5 Å². The van der Waals surface area contributed by atoms with Gasteiger partial charge in [0.25, 0.3) is 0 Å². The number of amides is 1. The molecule has 228 valence electrons. The summed E-state index contributed by atoms with van der Waals surface area (Å²) in [7, 11) is 0. The molecule has 2 aliphatic heterocycles. The third kappa shape index (κ3) is 9.17. The molecule has 0 unspecified atom stereocenters. The monoisotopic (exact) mass is 588 g/mol. The first kappa shape index (κ1) is 32.4. The molecule has 6 nitrogen and oxygen atoms in total. The first-order chi connectivity index (χ1) is 19.4. The van der Waals surface area contributed by atoms with Crippen molar-refractivity contribution in [2.24, 2.45) is 0 Å². The lowest BCUT2D eigenvalue weighted by molar-refractivity contribution is -0.138. The number of carbonyl (C=O) groups is 1. The van der Waals surface area contributed by atoms with Crippen LogP contribution in [0.1, 0.15) is 50.7 Å². The molecule has 0 saturated carbocycles. The van der Waals surface area contributed by atoms with Crippen molar-refractivity contribution < 1.29 is 35.9 Å². The van der Waals surface area contributed by atoms with Crippen LogP contribution in [0.15, 0.2) is 42.5 Å². The standard InChI is InChI=1S/C27H32F6N4O2.C2H6/c28-26(29,30)19-3-5-20(6-4-19)36-16-14-35(15-17-36)11-1-2-25(38)37-12-9-21(10-13-37)39-22-7-8-24(34)23(18-22)27(31,32)33;1-2/h3-8,18,21H,1-2,9-17,34H2;1-2H3. The van der Waals surface area contributed by atoms with Gasteiger partial charge in [-0.3, -0.25) is 9.69 Å². The Kier molecular flexibility index (Phi) is 11.2. The highest BCUT2D eigenvalue weighted by molar-refractivity contribution is 5.76. The summed E-state index contributed by atoms with van der Waals surface area (Å²) in [5, 5.41) is 0. The molecule has 0 bridgehead atoms. The average molecular weight is 589 g/mol. The van der Waals surface area contributed by atoms with E-state index in [0.29, 0.717) is 51.9 Å². The van der Waals surface area contributed by atoms with E-state index in [1.807, 2.05) is 13.8 Å². The van der Waals surface area contributed by atoms with Gasteiger partial charge in [-0.05, 0) is 55.4 Å². The van der Waals surface area contributed by atoms with E-state index in [-0.39, 0.29) is 23.4 Å². The Balaban J connectivity index is 0.00000226. The summed E-state index contributed by atoms with van der Waals surface area (Å²) in [5.41, 5.74) is 4.27. The van der Waals surface area contributed by atoms with Crippen molar-refractivity contribution in [2.75, 3.05) is 56.4 Å². The lowest BCUT2D eigenvalue weighted by Crippen LogP contribution is -2.47. The molecule has 2 heterocycles. The maximum atomic E-state index is 13.1. The van der Waals surface area contributed by atoms with Gasteiger partial charge >= 0.3 is 12.4 Å². The Labute approximate surface area is 237 Å². The zero-order valence-corrected chi connectivity index (χ0v) is 23.4. The largest absolute Gasteiger partial charge is 0.490 e. The first-order valence-corrected chi connectivity index (χ1v) is 14.0. The molecule has 2 aromatic rings. The highest BCUT2D eigenvalue weighted by atomic mass is 19.4. The van der Waals surface area contributed by atoms with Crippen LogP contribution in [0, 0.1) is 0 Å². The number of carbonyl (C=O) groups excluding carboxylic acids is 1. The van der Waals surface area contributed by atoms with Gasteiger partial charge in [0.1, 0.15) is 11.9 Å². The molecule has 12 heteroatoms. The van der Waals surface area contributed by atoms with E-state index in [2.05, 4.69) is 9.80 Å². The Morgan fingerprint density at radius 1 is 0.878 bits per heavy atom. The number of piperazine rings is 1. The molecule has 0 radical (unpaired) electrons. The number of rotatable bonds is 7. The van der Waals surface area contributed by atoms with Gasteiger partial charge in [0.05, 0.1) is 11.1 Å². The molecule has 2 N–H and O–H groups in total. The second-order valence-corrected chi connectivity index (χ2v) is 9.92. The van der Waals surface area contributed by atoms with Crippen LogP contribution in [-0.2, 0) is 17.1 Å². The predicted octanol–water partition coefficient (Wildman–Crippen LogP) is 6.30. The number of nitrogens with zero attached hydrogens (tertiary/aromatic N) is 3. The fourth-order valence-corrected chi connectivity index (χ4v) is 4.97. The van der Waals surface area contributed by atoms with Gasteiger partial charge in [-0.2, -0.15) is 26.3 Å². The molecule has 2 saturated heterocycles. The van der Waals surface area contributed by atoms with Crippen molar-refractivity contribution in [2.45, 2.75) is 58.0 Å². The van der Waals surface area contributed by atoms with Crippen molar-refractivity contribution in [1.82, 2.24) is 9.80 Å². The Morgan fingerprint density at radius 3 is 2.05 bits per heavy atom. The van der Waals surface area contributed by atoms with E-state index in [1.165, 1.54) is 24.3 Å². The Hall–Kier alpha value is -3.15. The van der Waals surface area contributed by atoms with Gasteiger partial charge in [0, 0.05) is 69.9 Å². The number of nitrogens with two attached hydrogens (primary N) is 1. The van der Waals surface area contributed by atoms with Gasteiger partial charge in [0.15, 0.2) is 0 Å². The highest BCUT2D eigenvalue weighted by Gasteiger charge is 2.34. The van der Waals surface area contributed by atoms with Crippen LogP contribution in [0.3, 0.4) is 0 Å². The zero-order chi connectivity index (χ0) is 30.2. The minimum atomic E-state index is -4.56. The quantitative estimate of drug-likeness (QED) is 0.304. The number of hydrogen-bond acceptors (Lipinski definition) is 5. The number of likely N-dealkylation sites (tertiary alicyclic amines) is 1. The maximum absolute atomic E-state index is 13.1. The molecule has 2 aliphatic rings. The number of ether oxygens (including phenoxy) is 1. The number of piperidine rings is 1. The van der Waals surface area contributed by atoms with Crippen molar-refractivity contribution in [1.29, 1.82) is 0 Å². The molecule has 1 amide bonds. The predicted molar refractivity (Wildman–Crippen MR) is 147 cm³/mol. The fourth-order valence-electron chi connectivity index (χ4n) is 4.97. The SMILES string of the molecule is CC.Nc1ccc(OC2CCN(C(=O)CCCN3CCN(c4ccc(C(F)(F)F)cc4)CC3)CC2)cc1C(F)(F)F. The van der Waals surface area contributed by atoms with E-state index in [1.54, 1.807) is 4.90 Å². The number of anilines is 2. The minimum Gasteiger partial charge on any atom is -0.490 e. The normalized spacial score (nSPS) is 17.2. The Morgan fingerprint density at radius 2 is 1.49 bits per heavy atom. The lowest BCUT2D eigenvalue weighted by atomic mass is 10.1. The summed E-state index contributed by atoms with van der Waals surface area (Å²) in [4.78, 5) is 18.7. The third-order valence-corrected chi connectivity index (χ3v) is 7.22. The fraction of sp³-hybridized carbons (Fsp3) is 0.552. The van der Waals surface area contributed by atoms with Crippen LogP contribution < -0.4 is 15.4 Å². The van der Waals surface area contributed by atoms with Gasteiger partial charge in [-0.15, -0.1) is 0 Å². The number of benzene rings is 2. The minimum absolute atomic E-state index is 0.0451. The average Bonchev–Trinajstić information content (AvgIpc) is 2.95. The van der Waals surface area contributed by atoms with Crippen molar-refractivity contribution >= 4 is 17.3 Å². The maximum Gasteiger partial charge on any atom is 0.418 e. The van der Waals surface area contributed by atoms with Crippen molar-refractivity contribution in [3.63, 3.8) is 0 Å². The van der Waals surface area contributed by atoms with Crippen molar-refractivity contribution in [3.05, 3.63) is 53.6 Å². The molecule has 0 aromatic heterocycles. The lowest BCUT2D eigenvalue weighted by Gasteiger charge is -2.36. The Bertz CT molecular complexity index is 1110. The van der Waals surface area contributed by atoms with Crippen molar-refractivity contribution in [3.8, 4) is 5.75 Å². The van der Waals surface area contributed by atoms with E-state index < -0.39 is 23.5 Å². The highest BCUT2D eigenvalue weighted by Crippen LogP contribution is 2.36. The van der Waals surface area contributed by atoms with Gasteiger partial charge in [-0.25, -0.2) is 0 Å². The molecule has 0 aliphatic carbocycles. The smallest absolute Gasteiger partial charge is 0.418 e. The summed E-state index contributed by atoms with van der Waals surface area (Å²) >= 11 is 0. The van der Waals surface area contributed by atoms with E-state index in [4.69, 9.17) is 10.5 Å². The molecular formula is C29H38F6N4O2. The molecule has 0 spiro atoms. The second kappa shape index (κ2) is 14.2. The zero-order valence-electron chi connectivity index (χ0n) is 23.4. The summed E-state index contributed by atoms with van der Waals surface area (Å²) in [6, 6.07) is 8.72. The van der Waals surface area contributed by atoms with Crippen LogP contribution in [0.25, 0.3) is 0 Å². The molecule has 0 atom stereocenters. The number of alkyl halides is 6. The van der Waals surface area contributed by atoms with E-state index >= 15 is 0 Å².